The summed E-state index contributed by atoms with van der Waals surface area (Å²) in [7, 11) is 1.57. The number of amides is 2. The van der Waals surface area contributed by atoms with Crippen LogP contribution in [0, 0.1) is 0 Å². The van der Waals surface area contributed by atoms with E-state index >= 15 is 0 Å². The number of carbonyl (C=O) groups excluding carboxylic acids is 2. The van der Waals surface area contributed by atoms with Crippen molar-refractivity contribution < 1.29 is 14.3 Å². The predicted molar refractivity (Wildman–Crippen MR) is 136 cm³/mol. The van der Waals surface area contributed by atoms with Gasteiger partial charge in [0.25, 0.3) is 11.8 Å². The second-order valence-electron chi connectivity index (χ2n) is 7.38. The maximum Gasteiger partial charge on any atom is 0.261 e. The average molecular weight is 517 g/mol. The first-order chi connectivity index (χ1) is 16.4. The van der Waals surface area contributed by atoms with Crippen molar-refractivity contribution in [1.82, 2.24) is 20.4 Å². The van der Waals surface area contributed by atoms with Crippen LogP contribution in [0.2, 0.25) is 10.0 Å². The lowest BCUT2D eigenvalue weighted by atomic mass is 10.2. The van der Waals surface area contributed by atoms with E-state index in [2.05, 4.69) is 15.7 Å². The van der Waals surface area contributed by atoms with Crippen molar-refractivity contribution in [1.29, 1.82) is 0 Å². The Kier molecular flexibility index (Phi) is 7.41. The van der Waals surface area contributed by atoms with E-state index in [-0.39, 0.29) is 11.8 Å². The molecule has 0 spiro atoms. The fourth-order valence-corrected chi connectivity index (χ4v) is 4.78. The smallest absolute Gasteiger partial charge is 0.261 e. The molecule has 34 heavy (non-hydrogen) atoms. The lowest BCUT2D eigenvalue weighted by Gasteiger charge is -2.07. The molecule has 0 aliphatic carbocycles. The molecular formula is C24H22Cl2N4O3S. The number of thiophene rings is 1. The number of benzene rings is 2. The highest BCUT2D eigenvalue weighted by atomic mass is 35.5. The Morgan fingerprint density at radius 3 is 2.35 bits per heavy atom. The van der Waals surface area contributed by atoms with E-state index in [4.69, 9.17) is 27.9 Å². The molecule has 7 nitrogen and oxygen atoms in total. The highest BCUT2D eigenvalue weighted by molar-refractivity contribution is 7.20. The zero-order valence-corrected chi connectivity index (χ0v) is 20.9. The highest BCUT2D eigenvalue weighted by Crippen LogP contribution is 2.32. The van der Waals surface area contributed by atoms with E-state index in [1.54, 1.807) is 48.2 Å². The number of rotatable bonds is 8. The summed E-state index contributed by atoms with van der Waals surface area (Å²) >= 11 is 13.6. The molecule has 0 atom stereocenters. The van der Waals surface area contributed by atoms with E-state index in [0.717, 1.165) is 28.0 Å². The first-order valence-corrected chi connectivity index (χ1v) is 12.2. The molecular weight excluding hydrogens is 495 g/mol. The number of aryl methyl sites for hydroxylation is 1. The topological polar surface area (TPSA) is 85.3 Å². The van der Waals surface area contributed by atoms with Gasteiger partial charge in [0.05, 0.1) is 33.4 Å². The van der Waals surface area contributed by atoms with Crippen LogP contribution in [0.15, 0.2) is 48.5 Å². The molecule has 0 saturated heterocycles. The van der Waals surface area contributed by atoms with E-state index < -0.39 is 0 Å². The summed E-state index contributed by atoms with van der Waals surface area (Å²) < 4.78 is 6.88. The summed E-state index contributed by atoms with van der Waals surface area (Å²) in [6.07, 6.45) is 0.722. The van der Waals surface area contributed by atoms with Gasteiger partial charge in [0.2, 0.25) is 0 Å². The number of methoxy groups -OCH3 is 1. The van der Waals surface area contributed by atoms with E-state index in [1.807, 2.05) is 19.1 Å². The number of ether oxygens (including phenoxy) is 1. The van der Waals surface area contributed by atoms with Crippen LogP contribution in [0.25, 0.3) is 15.9 Å². The summed E-state index contributed by atoms with van der Waals surface area (Å²) in [4.78, 5) is 26.4. The second-order valence-corrected chi connectivity index (χ2v) is 9.23. The van der Waals surface area contributed by atoms with Crippen LogP contribution in [0.1, 0.15) is 32.6 Å². The Hall–Kier alpha value is -3.07. The molecule has 2 amide bonds. The minimum Gasteiger partial charge on any atom is -0.497 e. The molecule has 176 valence electrons. The second kappa shape index (κ2) is 10.5. The van der Waals surface area contributed by atoms with Gasteiger partial charge in [-0.3, -0.25) is 9.59 Å². The minimum absolute atomic E-state index is 0.206. The van der Waals surface area contributed by atoms with Gasteiger partial charge in [0.15, 0.2) is 0 Å². The Labute approximate surface area is 210 Å². The number of halogens is 2. The molecule has 4 aromatic rings. The molecule has 0 unspecified atom stereocenters. The van der Waals surface area contributed by atoms with Gasteiger partial charge in [0.1, 0.15) is 10.6 Å². The number of nitrogens with zero attached hydrogens (tertiary/aromatic N) is 2. The van der Waals surface area contributed by atoms with Gasteiger partial charge < -0.3 is 15.4 Å². The summed E-state index contributed by atoms with van der Waals surface area (Å²) in [5.74, 6) is 0.261. The molecule has 2 aromatic heterocycles. The number of carbonyl (C=O) groups is 2. The number of fused-ring (bicyclic) bond motifs is 1. The Morgan fingerprint density at radius 2 is 1.71 bits per heavy atom. The number of aromatic nitrogens is 2. The Morgan fingerprint density at radius 1 is 1.00 bits per heavy atom. The van der Waals surface area contributed by atoms with Gasteiger partial charge in [-0.25, -0.2) is 4.68 Å². The summed E-state index contributed by atoms with van der Waals surface area (Å²) in [6.45, 7) is 2.62. The number of nitrogens with one attached hydrogen (secondary N) is 2. The summed E-state index contributed by atoms with van der Waals surface area (Å²) in [6, 6.07) is 14.0. The minimum atomic E-state index is -0.215. The monoisotopic (exact) mass is 516 g/mol. The van der Waals surface area contributed by atoms with Crippen LogP contribution in [0.3, 0.4) is 0 Å². The molecule has 0 aliphatic rings. The van der Waals surface area contributed by atoms with Crippen molar-refractivity contribution in [2.75, 3.05) is 20.2 Å². The van der Waals surface area contributed by atoms with Gasteiger partial charge in [0, 0.05) is 24.0 Å². The number of hydrogen-bond donors (Lipinski definition) is 2. The predicted octanol–water partition coefficient (Wildman–Crippen LogP) is 5.12. The molecule has 2 aromatic carbocycles. The van der Waals surface area contributed by atoms with Crippen molar-refractivity contribution in [2.45, 2.75) is 13.3 Å². The molecule has 4 rings (SSSR count). The van der Waals surface area contributed by atoms with Gasteiger partial charge in [-0.2, -0.15) is 5.10 Å². The molecule has 2 heterocycles. The molecule has 0 aliphatic heterocycles. The normalized spacial score (nSPS) is 10.9. The molecule has 0 saturated carbocycles. The van der Waals surface area contributed by atoms with Crippen LogP contribution in [-0.4, -0.2) is 41.8 Å². The Bertz CT molecular complexity index is 1350. The van der Waals surface area contributed by atoms with Crippen molar-refractivity contribution in [3.8, 4) is 11.4 Å². The quantitative estimate of drug-likeness (QED) is 0.318. The lowest BCUT2D eigenvalue weighted by molar-refractivity contribution is 0.0929. The lowest BCUT2D eigenvalue weighted by Crippen LogP contribution is -2.34. The molecule has 0 fully saturated rings. The third-order valence-corrected chi connectivity index (χ3v) is 7.04. The summed E-state index contributed by atoms with van der Waals surface area (Å²) in [5, 5.41) is 12.2. The first-order valence-electron chi connectivity index (χ1n) is 10.6. The van der Waals surface area contributed by atoms with Crippen LogP contribution < -0.4 is 15.4 Å². The van der Waals surface area contributed by atoms with Crippen LogP contribution in [-0.2, 0) is 6.42 Å². The van der Waals surface area contributed by atoms with Crippen LogP contribution >= 0.6 is 34.5 Å². The molecule has 10 heteroatoms. The van der Waals surface area contributed by atoms with Crippen LogP contribution in [0.5, 0.6) is 5.75 Å². The highest BCUT2D eigenvalue weighted by Gasteiger charge is 2.18. The SMILES string of the molecule is CCc1nn(-c2ccc(Cl)c(Cl)c2)c2sc(C(=O)NCCNC(=O)c3ccc(OC)cc3)cc12. The Balaban J connectivity index is 1.42. The van der Waals surface area contributed by atoms with Crippen LogP contribution in [0.4, 0.5) is 0 Å². The van der Waals surface area contributed by atoms with Crippen molar-refractivity contribution >= 4 is 56.6 Å². The molecule has 0 bridgehead atoms. The summed E-state index contributed by atoms with van der Waals surface area (Å²) in [5.41, 5.74) is 2.19. The van der Waals surface area contributed by atoms with Crippen molar-refractivity contribution in [3.05, 3.63) is 74.7 Å². The standard InChI is InChI=1S/C24H22Cl2N4O3S/c1-3-20-17-13-21(34-24(17)30(29-20)15-6-9-18(25)19(26)12-15)23(32)28-11-10-27-22(31)14-4-7-16(33-2)8-5-14/h4-9,12-13H,3,10-11H2,1-2H3,(H,27,31)(H,28,32). The number of hydrogen-bond acceptors (Lipinski definition) is 5. The average Bonchev–Trinajstić information content (AvgIpc) is 3.43. The molecule has 2 N–H and O–H groups in total. The fraction of sp³-hybridized carbons (Fsp3) is 0.208. The maximum atomic E-state index is 12.7. The maximum absolute atomic E-state index is 12.7. The largest absolute Gasteiger partial charge is 0.497 e. The van der Waals surface area contributed by atoms with Gasteiger partial charge >= 0.3 is 0 Å². The van der Waals surface area contributed by atoms with Crippen molar-refractivity contribution in [3.63, 3.8) is 0 Å². The van der Waals surface area contributed by atoms with Gasteiger partial charge in [-0.15, -0.1) is 11.3 Å². The first kappa shape index (κ1) is 24.1. The van der Waals surface area contributed by atoms with Crippen molar-refractivity contribution in [2.24, 2.45) is 0 Å². The van der Waals surface area contributed by atoms with Gasteiger partial charge in [-0.05, 0) is 55.0 Å². The van der Waals surface area contributed by atoms with Gasteiger partial charge in [-0.1, -0.05) is 30.1 Å². The van der Waals surface area contributed by atoms with E-state index in [9.17, 15) is 9.59 Å². The third-order valence-electron chi connectivity index (χ3n) is 5.19. The zero-order chi connectivity index (χ0) is 24.2. The zero-order valence-electron chi connectivity index (χ0n) is 18.5. The van der Waals surface area contributed by atoms with E-state index in [1.165, 1.54) is 11.3 Å². The molecule has 0 radical (unpaired) electrons. The fourth-order valence-electron chi connectivity index (χ4n) is 3.41. The van der Waals surface area contributed by atoms with E-state index in [0.29, 0.717) is 39.3 Å². The third kappa shape index (κ3) is 5.04.